The fraction of sp³-hybridized carbons (Fsp3) is 0.200. The van der Waals surface area contributed by atoms with Crippen molar-refractivity contribution in [2.24, 2.45) is 0 Å². The van der Waals surface area contributed by atoms with E-state index in [4.69, 9.17) is 0 Å². The number of halogens is 2. The van der Waals surface area contributed by atoms with E-state index >= 15 is 0 Å². The first-order valence-corrected chi connectivity index (χ1v) is 8.83. The fourth-order valence-corrected chi connectivity index (χ4v) is 3.53. The summed E-state index contributed by atoms with van der Waals surface area (Å²) in [6.07, 6.45) is 1.35. The van der Waals surface area contributed by atoms with Crippen LogP contribution in [0, 0.1) is 0 Å². The van der Waals surface area contributed by atoms with Crippen molar-refractivity contribution in [2.45, 2.75) is 17.3 Å². The minimum atomic E-state index is -2.68. The second kappa shape index (κ2) is 7.28. The number of amides is 1. The second-order valence-electron chi connectivity index (χ2n) is 5.04. The van der Waals surface area contributed by atoms with Crippen molar-refractivity contribution in [1.82, 2.24) is 19.9 Å². The maximum atomic E-state index is 12.6. The van der Waals surface area contributed by atoms with E-state index in [-0.39, 0.29) is 34.5 Å². The highest BCUT2D eigenvalue weighted by molar-refractivity contribution is 7.99. The Bertz CT molecular complexity index is 973. The van der Waals surface area contributed by atoms with Crippen LogP contribution in [0.4, 0.5) is 8.78 Å². The standard InChI is InChI=1S/C15H12F2N4O2S2/c1-21(7-10-19-9-4-6-24-11(9)12(22)20-10)14(23)8-3-2-5-18-13(8)25-15(16)17/h2-6,15H,7H2,1H3,(H,19,20,22). The van der Waals surface area contributed by atoms with Gasteiger partial charge in [0.1, 0.15) is 15.6 Å². The van der Waals surface area contributed by atoms with Gasteiger partial charge in [-0.3, -0.25) is 9.59 Å². The number of H-pyrrole nitrogens is 1. The van der Waals surface area contributed by atoms with Gasteiger partial charge in [-0.2, -0.15) is 8.78 Å². The minimum Gasteiger partial charge on any atom is -0.334 e. The van der Waals surface area contributed by atoms with E-state index in [1.54, 1.807) is 11.4 Å². The Hall–Kier alpha value is -2.33. The Labute approximate surface area is 148 Å². The van der Waals surface area contributed by atoms with Crippen molar-refractivity contribution in [3.05, 3.63) is 51.5 Å². The molecule has 0 fully saturated rings. The van der Waals surface area contributed by atoms with E-state index in [2.05, 4.69) is 15.0 Å². The number of pyridine rings is 1. The third-order valence-electron chi connectivity index (χ3n) is 3.30. The second-order valence-corrected chi connectivity index (χ2v) is 6.94. The smallest absolute Gasteiger partial charge is 0.290 e. The van der Waals surface area contributed by atoms with Gasteiger partial charge in [-0.25, -0.2) is 9.97 Å². The molecule has 0 bridgehead atoms. The lowest BCUT2D eigenvalue weighted by Gasteiger charge is -2.17. The van der Waals surface area contributed by atoms with Crippen molar-refractivity contribution in [1.29, 1.82) is 0 Å². The zero-order valence-corrected chi connectivity index (χ0v) is 14.5. The zero-order valence-electron chi connectivity index (χ0n) is 12.9. The molecule has 3 heterocycles. The van der Waals surface area contributed by atoms with E-state index in [0.717, 1.165) is 0 Å². The maximum Gasteiger partial charge on any atom is 0.290 e. The molecule has 130 valence electrons. The van der Waals surface area contributed by atoms with Crippen molar-refractivity contribution in [2.75, 3.05) is 7.05 Å². The van der Waals surface area contributed by atoms with Crippen LogP contribution in [0.25, 0.3) is 10.2 Å². The molecule has 0 radical (unpaired) electrons. The molecular formula is C15H12F2N4O2S2. The molecule has 25 heavy (non-hydrogen) atoms. The lowest BCUT2D eigenvalue weighted by atomic mass is 10.2. The summed E-state index contributed by atoms with van der Waals surface area (Å²) in [4.78, 5) is 36.6. The zero-order chi connectivity index (χ0) is 18.0. The number of carbonyl (C=O) groups is 1. The third-order valence-corrected chi connectivity index (χ3v) is 4.93. The average molecular weight is 382 g/mol. The highest BCUT2D eigenvalue weighted by Gasteiger charge is 2.20. The van der Waals surface area contributed by atoms with Crippen LogP contribution in [0.5, 0.6) is 0 Å². The molecule has 0 aliphatic heterocycles. The number of fused-ring (bicyclic) bond motifs is 1. The van der Waals surface area contributed by atoms with Gasteiger partial charge < -0.3 is 9.88 Å². The van der Waals surface area contributed by atoms with E-state index in [1.807, 2.05) is 0 Å². The molecule has 3 aromatic rings. The van der Waals surface area contributed by atoms with Crippen LogP contribution in [0.15, 0.2) is 39.6 Å². The number of carbonyl (C=O) groups excluding carboxylic acids is 1. The molecule has 0 saturated heterocycles. The molecule has 0 aromatic carbocycles. The van der Waals surface area contributed by atoms with Gasteiger partial charge in [-0.15, -0.1) is 11.3 Å². The number of hydrogen-bond donors (Lipinski definition) is 1. The topological polar surface area (TPSA) is 79.0 Å². The normalized spacial score (nSPS) is 11.2. The number of alkyl halides is 2. The summed E-state index contributed by atoms with van der Waals surface area (Å²) in [5.41, 5.74) is 0.361. The fourth-order valence-electron chi connectivity index (χ4n) is 2.23. The number of aromatic amines is 1. The summed E-state index contributed by atoms with van der Waals surface area (Å²) in [5.74, 6) is -2.84. The number of nitrogens with one attached hydrogen (secondary N) is 1. The van der Waals surface area contributed by atoms with Gasteiger partial charge in [-0.1, -0.05) is 0 Å². The largest absolute Gasteiger partial charge is 0.334 e. The number of rotatable bonds is 5. The molecular weight excluding hydrogens is 370 g/mol. The molecule has 0 saturated carbocycles. The van der Waals surface area contributed by atoms with Crippen LogP contribution >= 0.6 is 23.1 Å². The van der Waals surface area contributed by atoms with E-state index < -0.39 is 11.7 Å². The summed E-state index contributed by atoms with van der Waals surface area (Å²) in [6.45, 7) is 0.0353. The first-order valence-electron chi connectivity index (χ1n) is 7.07. The number of aromatic nitrogens is 3. The van der Waals surface area contributed by atoms with Crippen LogP contribution in [0.2, 0.25) is 0 Å². The van der Waals surface area contributed by atoms with Crippen molar-refractivity contribution in [3.63, 3.8) is 0 Å². The molecule has 0 aliphatic rings. The maximum absolute atomic E-state index is 12.6. The molecule has 1 amide bonds. The summed E-state index contributed by atoms with van der Waals surface area (Å²) in [7, 11) is 1.50. The number of hydrogen-bond acceptors (Lipinski definition) is 6. The molecule has 1 N–H and O–H groups in total. The molecule has 0 atom stereocenters. The van der Waals surface area contributed by atoms with Gasteiger partial charge in [-0.05, 0) is 35.3 Å². The van der Waals surface area contributed by atoms with Crippen LogP contribution in [-0.2, 0) is 6.54 Å². The quantitative estimate of drug-likeness (QED) is 0.687. The summed E-state index contributed by atoms with van der Waals surface area (Å²) in [6, 6.07) is 4.67. The summed E-state index contributed by atoms with van der Waals surface area (Å²) >= 11 is 1.50. The number of thioether (sulfide) groups is 1. The summed E-state index contributed by atoms with van der Waals surface area (Å²) < 4.78 is 25.8. The van der Waals surface area contributed by atoms with E-state index in [1.165, 1.54) is 41.6 Å². The van der Waals surface area contributed by atoms with E-state index in [0.29, 0.717) is 16.0 Å². The van der Waals surface area contributed by atoms with Gasteiger partial charge in [0.05, 0.1) is 17.6 Å². The molecule has 6 nitrogen and oxygen atoms in total. The van der Waals surface area contributed by atoms with E-state index in [9.17, 15) is 18.4 Å². The summed E-state index contributed by atoms with van der Waals surface area (Å²) in [5, 5.41) is 1.72. The van der Waals surface area contributed by atoms with Gasteiger partial charge in [0, 0.05) is 13.2 Å². The number of thiophene rings is 1. The van der Waals surface area contributed by atoms with Gasteiger partial charge >= 0.3 is 0 Å². The Morgan fingerprint density at radius 3 is 3.00 bits per heavy atom. The average Bonchev–Trinajstić information content (AvgIpc) is 3.03. The first kappa shape index (κ1) is 17.5. The van der Waals surface area contributed by atoms with Crippen molar-refractivity contribution < 1.29 is 13.6 Å². The monoisotopic (exact) mass is 382 g/mol. The number of nitrogens with zero attached hydrogens (tertiary/aromatic N) is 3. The van der Waals surface area contributed by atoms with Gasteiger partial charge in [0.2, 0.25) is 0 Å². The van der Waals surface area contributed by atoms with Crippen LogP contribution < -0.4 is 5.56 Å². The highest BCUT2D eigenvalue weighted by Crippen LogP contribution is 2.27. The predicted molar refractivity (Wildman–Crippen MR) is 92.1 cm³/mol. The lowest BCUT2D eigenvalue weighted by Crippen LogP contribution is -2.28. The molecule has 0 unspecified atom stereocenters. The first-order chi connectivity index (χ1) is 12.0. The lowest BCUT2D eigenvalue weighted by molar-refractivity contribution is 0.0777. The van der Waals surface area contributed by atoms with Crippen molar-refractivity contribution >= 4 is 39.2 Å². The molecule has 3 aromatic heterocycles. The Morgan fingerprint density at radius 1 is 1.44 bits per heavy atom. The van der Waals surface area contributed by atoms with Crippen LogP contribution in [-0.4, -0.2) is 38.6 Å². The Balaban J connectivity index is 1.84. The SMILES string of the molecule is CN(Cc1nc2ccsc2c(=O)[nH]1)C(=O)c1cccnc1SC(F)F. The van der Waals surface area contributed by atoms with Crippen LogP contribution in [0.3, 0.4) is 0 Å². The third kappa shape index (κ3) is 3.85. The predicted octanol–water partition coefficient (Wildman–Crippen LogP) is 2.97. The Morgan fingerprint density at radius 2 is 2.24 bits per heavy atom. The molecule has 3 rings (SSSR count). The van der Waals surface area contributed by atoms with Crippen molar-refractivity contribution in [3.8, 4) is 0 Å². The molecule has 10 heteroatoms. The minimum absolute atomic E-state index is 0.0353. The molecule has 0 aliphatic carbocycles. The Kier molecular flexibility index (Phi) is 5.09. The van der Waals surface area contributed by atoms with Crippen LogP contribution in [0.1, 0.15) is 16.2 Å². The van der Waals surface area contributed by atoms with Gasteiger partial charge in [0.25, 0.3) is 17.2 Å². The highest BCUT2D eigenvalue weighted by atomic mass is 32.2. The van der Waals surface area contributed by atoms with Gasteiger partial charge in [0.15, 0.2) is 0 Å². The molecule has 0 spiro atoms.